The lowest BCUT2D eigenvalue weighted by Gasteiger charge is -2.25. The number of imide groups is 1. The van der Waals surface area contributed by atoms with Crippen molar-refractivity contribution < 1.29 is 14.7 Å². The molecule has 1 saturated carbocycles. The maximum atomic E-state index is 13.0. The predicted molar refractivity (Wildman–Crippen MR) is 94.1 cm³/mol. The number of thiophene rings is 1. The number of carbonyl (C=O) groups excluding carboxylic acids is 2. The second kappa shape index (κ2) is 7.64. The first kappa shape index (κ1) is 16.7. The van der Waals surface area contributed by atoms with Gasteiger partial charge in [-0.1, -0.05) is 31.7 Å². The molecule has 0 unspecified atom stereocenters. The summed E-state index contributed by atoms with van der Waals surface area (Å²) in [7, 11) is 0. The summed E-state index contributed by atoms with van der Waals surface area (Å²) >= 11 is 2.78. The van der Waals surface area contributed by atoms with Gasteiger partial charge in [0.1, 0.15) is 0 Å². The predicted octanol–water partition coefficient (Wildman–Crippen LogP) is 3.28. The van der Waals surface area contributed by atoms with Gasteiger partial charge in [0.05, 0.1) is 17.1 Å². The summed E-state index contributed by atoms with van der Waals surface area (Å²) in [6.45, 7) is -0.00319. The van der Waals surface area contributed by atoms with Crippen LogP contribution < -0.4 is 0 Å². The molecule has 0 atom stereocenters. The molecule has 2 amide bonds. The van der Waals surface area contributed by atoms with E-state index in [0.29, 0.717) is 16.2 Å². The molecule has 1 N–H and O–H groups in total. The van der Waals surface area contributed by atoms with Crippen molar-refractivity contribution in [3.05, 3.63) is 27.3 Å². The van der Waals surface area contributed by atoms with E-state index < -0.39 is 0 Å². The molecule has 1 aliphatic carbocycles. The Labute approximate surface area is 144 Å². The van der Waals surface area contributed by atoms with E-state index in [9.17, 15) is 9.59 Å². The van der Waals surface area contributed by atoms with Gasteiger partial charge < -0.3 is 5.11 Å². The largest absolute Gasteiger partial charge is 0.396 e. The standard InChI is InChI=1S/C17H21NO3S2/c19-9-11-23-15-14(13-8-5-10-22-13)16(20)18(17(15)21)12-6-3-1-2-4-7-12/h5,8,10,12,19H,1-4,6-7,9,11H2. The zero-order valence-corrected chi connectivity index (χ0v) is 14.6. The van der Waals surface area contributed by atoms with Gasteiger partial charge in [-0.2, -0.15) is 0 Å². The van der Waals surface area contributed by atoms with Crippen LogP contribution in [-0.4, -0.2) is 40.2 Å². The van der Waals surface area contributed by atoms with E-state index in [2.05, 4.69) is 0 Å². The van der Waals surface area contributed by atoms with Crippen molar-refractivity contribution in [2.24, 2.45) is 0 Å². The van der Waals surface area contributed by atoms with E-state index in [1.54, 1.807) is 0 Å². The van der Waals surface area contributed by atoms with Crippen LogP contribution >= 0.6 is 23.1 Å². The number of aliphatic hydroxyl groups excluding tert-OH is 1. The summed E-state index contributed by atoms with van der Waals surface area (Å²) in [5.74, 6) is 0.121. The third-order valence-electron chi connectivity index (χ3n) is 4.37. The highest BCUT2D eigenvalue weighted by Gasteiger charge is 2.42. The molecule has 1 aliphatic heterocycles. The lowest BCUT2D eigenvalue weighted by atomic mass is 10.1. The fourth-order valence-corrected chi connectivity index (χ4v) is 4.99. The Hall–Kier alpha value is -1.11. The Morgan fingerprint density at radius 3 is 2.52 bits per heavy atom. The highest BCUT2D eigenvalue weighted by Crippen LogP contribution is 2.40. The van der Waals surface area contributed by atoms with E-state index in [4.69, 9.17) is 5.11 Å². The van der Waals surface area contributed by atoms with Gasteiger partial charge >= 0.3 is 0 Å². The van der Waals surface area contributed by atoms with Crippen molar-refractivity contribution in [3.8, 4) is 0 Å². The first-order chi connectivity index (χ1) is 11.2. The number of carbonyl (C=O) groups is 2. The quantitative estimate of drug-likeness (QED) is 0.653. The van der Waals surface area contributed by atoms with Crippen molar-refractivity contribution >= 4 is 40.5 Å². The van der Waals surface area contributed by atoms with Crippen molar-refractivity contribution in [2.45, 2.75) is 44.6 Å². The van der Waals surface area contributed by atoms with Crippen LogP contribution in [0.2, 0.25) is 0 Å². The fourth-order valence-electron chi connectivity index (χ4n) is 3.29. The molecule has 0 radical (unpaired) electrons. The molecule has 3 rings (SSSR count). The molecule has 0 bridgehead atoms. The summed E-state index contributed by atoms with van der Waals surface area (Å²) in [5.41, 5.74) is 0.535. The third kappa shape index (κ3) is 3.39. The minimum atomic E-state index is -0.163. The van der Waals surface area contributed by atoms with Gasteiger partial charge in [0.2, 0.25) is 0 Å². The summed E-state index contributed by atoms with van der Waals surface area (Å²) in [5, 5.41) is 11.0. The minimum Gasteiger partial charge on any atom is -0.396 e. The molecule has 124 valence electrons. The second-order valence-corrected chi connectivity index (χ2v) is 7.93. The smallest absolute Gasteiger partial charge is 0.268 e. The molecular formula is C17H21NO3S2. The average molecular weight is 351 g/mol. The van der Waals surface area contributed by atoms with Crippen LogP contribution in [0, 0.1) is 0 Å². The first-order valence-electron chi connectivity index (χ1n) is 8.13. The van der Waals surface area contributed by atoms with Gasteiger partial charge in [0.25, 0.3) is 11.8 Å². The van der Waals surface area contributed by atoms with Gasteiger partial charge in [-0.05, 0) is 24.3 Å². The lowest BCUT2D eigenvalue weighted by Crippen LogP contribution is -2.40. The Bertz CT molecular complexity index is 601. The van der Waals surface area contributed by atoms with E-state index in [0.717, 1.165) is 30.6 Å². The summed E-state index contributed by atoms with van der Waals surface area (Å²) in [4.78, 5) is 28.7. The Kier molecular flexibility index (Phi) is 5.56. The molecule has 23 heavy (non-hydrogen) atoms. The molecule has 4 nitrogen and oxygen atoms in total. The monoisotopic (exact) mass is 351 g/mol. The van der Waals surface area contributed by atoms with Crippen molar-refractivity contribution in [1.82, 2.24) is 4.90 Å². The first-order valence-corrected chi connectivity index (χ1v) is 10.00. The van der Waals surface area contributed by atoms with Gasteiger partial charge in [-0.15, -0.1) is 23.1 Å². The maximum Gasteiger partial charge on any atom is 0.268 e. The zero-order valence-electron chi connectivity index (χ0n) is 13.0. The molecule has 0 spiro atoms. The van der Waals surface area contributed by atoms with Gasteiger partial charge in [-0.25, -0.2) is 0 Å². The highest BCUT2D eigenvalue weighted by atomic mass is 32.2. The summed E-state index contributed by atoms with van der Waals surface area (Å²) in [6.07, 6.45) is 6.35. The zero-order chi connectivity index (χ0) is 16.2. The van der Waals surface area contributed by atoms with Crippen LogP contribution in [0.3, 0.4) is 0 Å². The van der Waals surface area contributed by atoms with Crippen LogP contribution in [0.15, 0.2) is 22.4 Å². The van der Waals surface area contributed by atoms with Crippen molar-refractivity contribution in [2.75, 3.05) is 12.4 Å². The van der Waals surface area contributed by atoms with Crippen LogP contribution in [0.4, 0.5) is 0 Å². The molecular weight excluding hydrogens is 330 g/mol. The maximum absolute atomic E-state index is 13.0. The van der Waals surface area contributed by atoms with E-state index in [1.807, 2.05) is 17.5 Å². The fraction of sp³-hybridized carbons (Fsp3) is 0.529. The average Bonchev–Trinajstić information content (AvgIpc) is 3.04. The van der Waals surface area contributed by atoms with Gasteiger partial charge in [0, 0.05) is 16.7 Å². The molecule has 2 heterocycles. The molecule has 1 aromatic heterocycles. The minimum absolute atomic E-state index is 0.00319. The Morgan fingerprint density at radius 2 is 1.91 bits per heavy atom. The Morgan fingerprint density at radius 1 is 1.17 bits per heavy atom. The number of amides is 2. The van der Waals surface area contributed by atoms with Crippen LogP contribution in [0.5, 0.6) is 0 Å². The van der Waals surface area contributed by atoms with Crippen molar-refractivity contribution in [1.29, 1.82) is 0 Å². The number of rotatable bonds is 5. The summed E-state index contributed by atoms with van der Waals surface area (Å²) in [6, 6.07) is 3.81. The van der Waals surface area contributed by atoms with E-state index in [-0.39, 0.29) is 24.5 Å². The number of hydrogen-bond donors (Lipinski definition) is 1. The van der Waals surface area contributed by atoms with E-state index in [1.165, 1.54) is 40.8 Å². The molecule has 2 aliphatic rings. The lowest BCUT2D eigenvalue weighted by molar-refractivity contribution is -0.139. The third-order valence-corrected chi connectivity index (χ3v) is 6.31. The molecule has 6 heteroatoms. The second-order valence-electron chi connectivity index (χ2n) is 5.88. The number of thioether (sulfide) groups is 1. The van der Waals surface area contributed by atoms with Crippen LogP contribution in [0.25, 0.3) is 5.57 Å². The number of hydrogen-bond acceptors (Lipinski definition) is 5. The normalized spacial score (nSPS) is 20.5. The molecule has 1 aromatic rings. The van der Waals surface area contributed by atoms with Crippen LogP contribution in [-0.2, 0) is 9.59 Å². The number of aliphatic hydroxyl groups is 1. The Balaban J connectivity index is 1.91. The molecule has 0 aromatic carbocycles. The molecule has 0 saturated heterocycles. The number of nitrogens with zero attached hydrogens (tertiary/aromatic N) is 1. The van der Waals surface area contributed by atoms with Gasteiger partial charge in [0.15, 0.2) is 0 Å². The van der Waals surface area contributed by atoms with Gasteiger partial charge in [-0.3, -0.25) is 14.5 Å². The summed E-state index contributed by atoms with van der Waals surface area (Å²) < 4.78 is 0. The van der Waals surface area contributed by atoms with Crippen LogP contribution in [0.1, 0.15) is 43.4 Å². The van der Waals surface area contributed by atoms with E-state index >= 15 is 0 Å². The SMILES string of the molecule is O=C1C(SCCO)=C(c2cccs2)C(=O)N1C1CCCCCC1. The van der Waals surface area contributed by atoms with Crippen molar-refractivity contribution in [3.63, 3.8) is 0 Å². The molecule has 1 fully saturated rings. The highest BCUT2D eigenvalue weighted by molar-refractivity contribution is 8.04. The topological polar surface area (TPSA) is 57.6 Å².